The number of nitrogens with zero attached hydrogens (tertiary/aromatic N) is 1. The smallest absolute Gasteiger partial charge is 0.0588 e. The Hall–Kier alpha value is -0.860. The van der Waals surface area contributed by atoms with Gasteiger partial charge in [-0.05, 0) is 51.0 Å². The maximum atomic E-state index is 10.8. The Morgan fingerprint density at radius 1 is 1.12 bits per heavy atom. The van der Waals surface area contributed by atoms with Gasteiger partial charge in [0.1, 0.15) is 0 Å². The van der Waals surface area contributed by atoms with E-state index in [1.807, 2.05) is 0 Å². The van der Waals surface area contributed by atoms with Gasteiger partial charge in [0.2, 0.25) is 0 Å². The summed E-state index contributed by atoms with van der Waals surface area (Å²) in [5.74, 6) is 1.59. The molecule has 1 aromatic carbocycles. The highest BCUT2D eigenvalue weighted by Crippen LogP contribution is 2.40. The zero-order valence-electron chi connectivity index (χ0n) is 16.5. The minimum absolute atomic E-state index is 0.0148. The first-order valence-electron chi connectivity index (χ1n) is 9.72. The first-order valence-corrected chi connectivity index (χ1v) is 9.72. The van der Waals surface area contributed by atoms with E-state index in [4.69, 9.17) is 0 Å². The van der Waals surface area contributed by atoms with Gasteiger partial charge in [0.15, 0.2) is 0 Å². The number of hydrogen-bond donors (Lipinski definition) is 1. The van der Waals surface area contributed by atoms with Crippen molar-refractivity contribution in [1.29, 1.82) is 0 Å². The number of benzene rings is 1. The molecule has 0 radical (unpaired) electrons. The summed E-state index contributed by atoms with van der Waals surface area (Å²) in [6.45, 7) is 14.9. The van der Waals surface area contributed by atoms with Crippen molar-refractivity contribution in [2.75, 3.05) is 0 Å². The molecule has 2 rings (SSSR count). The Morgan fingerprint density at radius 2 is 1.75 bits per heavy atom. The second kappa shape index (κ2) is 8.01. The summed E-state index contributed by atoms with van der Waals surface area (Å²) in [6, 6.07) is 11.2. The molecular formula is C22H37NO. The van der Waals surface area contributed by atoms with Gasteiger partial charge in [-0.2, -0.15) is 0 Å². The van der Waals surface area contributed by atoms with E-state index in [-0.39, 0.29) is 11.6 Å². The van der Waals surface area contributed by atoms with E-state index in [2.05, 4.69) is 76.8 Å². The van der Waals surface area contributed by atoms with Crippen LogP contribution >= 0.6 is 0 Å². The normalized spacial score (nSPS) is 26.8. The molecule has 0 aliphatic heterocycles. The van der Waals surface area contributed by atoms with Gasteiger partial charge in [0, 0.05) is 24.0 Å². The van der Waals surface area contributed by atoms with Gasteiger partial charge in [0.25, 0.3) is 0 Å². The average Bonchev–Trinajstić information content (AvgIpc) is 2.52. The molecule has 0 heterocycles. The summed E-state index contributed by atoms with van der Waals surface area (Å²) in [7, 11) is 0. The fraction of sp³-hybridized carbons (Fsp3) is 0.727. The summed E-state index contributed by atoms with van der Waals surface area (Å²) >= 11 is 0. The van der Waals surface area contributed by atoms with Gasteiger partial charge in [-0.15, -0.1) is 0 Å². The van der Waals surface area contributed by atoms with Crippen molar-refractivity contribution in [2.45, 2.75) is 85.0 Å². The van der Waals surface area contributed by atoms with Crippen LogP contribution in [0.25, 0.3) is 0 Å². The lowest BCUT2D eigenvalue weighted by molar-refractivity contribution is -0.0682. The Bertz CT molecular complexity index is 496. The molecule has 136 valence electrons. The topological polar surface area (TPSA) is 23.5 Å². The fourth-order valence-corrected chi connectivity index (χ4v) is 4.40. The third kappa shape index (κ3) is 4.40. The predicted octanol–water partition coefficient (Wildman–Crippen LogP) is 5.11. The summed E-state index contributed by atoms with van der Waals surface area (Å²) in [5.41, 5.74) is 1.34. The standard InChI is InChI=1S/C22H37NO/c1-16(2)18(4)23(15-19-10-8-7-9-11-19)22(5,6)20-13-12-17(3)14-21(20)24/h7-11,16-18,20-21,24H,12-15H2,1-6H3/t17-,18+,20-,21-/m1/s1. The van der Waals surface area contributed by atoms with Crippen LogP contribution in [0.15, 0.2) is 30.3 Å². The molecule has 24 heavy (non-hydrogen) atoms. The van der Waals surface area contributed by atoms with Gasteiger partial charge in [-0.1, -0.05) is 57.5 Å². The molecule has 4 atom stereocenters. The van der Waals surface area contributed by atoms with Crippen molar-refractivity contribution in [2.24, 2.45) is 17.8 Å². The van der Waals surface area contributed by atoms with Gasteiger partial charge in [0.05, 0.1) is 6.10 Å². The molecule has 0 spiro atoms. The zero-order chi connectivity index (χ0) is 17.9. The molecule has 1 aliphatic carbocycles. The van der Waals surface area contributed by atoms with Crippen LogP contribution in [0.4, 0.5) is 0 Å². The van der Waals surface area contributed by atoms with Crippen molar-refractivity contribution < 1.29 is 5.11 Å². The Kier molecular flexibility index (Phi) is 6.50. The Labute approximate surface area is 149 Å². The zero-order valence-corrected chi connectivity index (χ0v) is 16.5. The highest BCUT2D eigenvalue weighted by atomic mass is 16.3. The van der Waals surface area contributed by atoms with Crippen LogP contribution in [0.1, 0.15) is 66.4 Å². The first-order chi connectivity index (χ1) is 11.2. The summed E-state index contributed by atoms with van der Waals surface area (Å²) in [5, 5.41) is 10.8. The maximum absolute atomic E-state index is 10.8. The van der Waals surface area contributed by atoms with Crippen LogP contribution in [0.5, 0.6) is 0 Å². The van der Waals surface area contributed by atoms with Gasteiger partial charge in [-0.25, -0.2) is 0 Å². The van der Waals surface area contributed by atoms with Crippen LogP contribution in [0, 0.1) is 17.8 Å². The van der Waals surface area contributed by atoms with E-state index >= 15 is 0 Å². The number of aliphatic hydroxyl groups is 1. The van der Waals surface area contributed by atoms with Crippen molar-refractivity contribution in [3.63, 3.8) is 0 Å². The van der Waals surface area contributed by atoms with Crippen LogP contribution in [0.3, 0.4) is 0 Å². The highest BCUT2D eigenvalue weighted by Gasteiger charge is 2.43. The van der Waals surface area contributed by atoms with E-state index in [1.54, 1.807) is 0 Å². The summed E-state index contributed by atoms with van der Waals surface area (Å²) in [4.78, 5) is 2.64. The molecule has 0 unspecified atom stereocenters. The molecule has 1 saturated carbocycles. The molecule has 1 N–H and O–H groups in total. The lowest BCUT2D eigenvalue weighted by atomic mass is 9.70. The predicted molar refractivity (Wildman–Crippen MR) is 103 cm³/mol. The average molecular weight is 332 g/mol. The van der Waals surface area contributed by atoms with Crippen LogP contribution in [0.2, 0.25) is 0 Å². The van der Waals surface area contributed by atoms with E-state index < -0.39 is 0 Å². The third-order valence-electron chi connectivity index (χ3n) is 6.38. The Balaban J connectivity index is 2.27. The lowest BCUT2D eigenvalue weighted by Gasteiger charge is -2.51. The van der Waals surface area contributed by atoms with Crippen LogP contribution < -0.4 is 0 Å². The van der Waals surface area contributed by atoms with E-state index in [0.717, 1.165) is 19.4 Å². The molecule has 2 nitrogen and oxygen atoms in total. The summed E-state index contributed by atoms with van der Waals surface area (Å²) in [6.07, 6.45) is 3.14. The summed E-state index contributed by atoms with van der Waals surface area (Å²) < 4.78 is 0. The largest absolute Gasteiger partial charge is 0.393 e. The lowest BCUT2D eigenvalue weighted by Crippen LogP contribution is -2.57. The molecule has 1 aliphatic rings. The quantitative estimate of drug-likeness (QED) is 0.783. The minimum Gasteiger partial charge on any atom is -0.393 e. The number of aliphatic hydroxyl groups excluding tert-OH is 1. The third-order valence-corrected chi connectivity index (χ3v) is 6.38. The molecule has 1 aromatic rings. The second-order valence-corrected chi connectivity index (χ2v) is 8.84. The maximum Gasteiger partial charge on any atom is 0.0588 e. The van der Waals surface area contributed by atoms with Gasteiger partial charge in [-0.3, -0.25) is 4.90 Å². The molecule has 0 saturated heterocycles. The van der Waals surface area contributed by atoms with Gasteiger partial charge < -0.3 is 5.11 Å². The molecule has 0 aromatic heterocycles. The van der Waals surface area contributed by atoms with Crippen LogP contribution in [-0.2, 0) is 6.54 Å². The molecule has 0 amide bonds. The molecule has 2 heteroatoms. The van der Waals surface area contributed by atoms with E-state index in [1.165, 1.54) is 12.0 Å². The monoisotopic (exact) mass is 331 g/mol. The fourth-order valence-electron chi connectivity index (χ4n) is 4.40. The molecule has 1 fully saturated rings. The van der Waals surface area contributed by atoms with Crippen molar-refractivity contribution >= 4 is 0 Å². The Morgan fingerprint density at radius 3 is 2.29 bits per heavy atom. The SMILES string of the molecule is CC(C)[C@H](C)N(Cc1ccccc1)C(C)(C)[C@@H]1CC[C@@H](C)C[C@H]1O. The van der Waals surface area contributed by atoms with E-state index in [0.29, 0.717) is 23.8 Å². The highest BCUT2D eigenvalue weighted by molar-refractivity contribution is 5.15. The first kappa shape index (κ1) is 19.5. The molecular weight excluding hydrogens is 294 g/mol. The van der Waals surface area contributed by atoms with Crippen molar-refractivity contribution in [1.82, 2.24) is 4.90 Å². The van der Waals surface area contributed by atoms with E-state index in [9.17, 15) is 5.11 Å². The minimum atomic E-state index is -0.179. The van der Waals surface area contributed by atoms with Crippen LogP contribution in [-0.4, -0.2) is 27.7 Å². The number of rotatable bonds is 6. The number of hydrogen-bond acceptors (Lipinski definition) is 2. The van der Waals surface area contributed by atoms with Gasteiger partial charge >= 0.3 is 0 Å². The van der Waals surface area contributed by atoms with Crippen molar-refractivity contribution in [3.8, 4) is 0 Å². The van der Waals surface area contributed by atoms with Crippen molar-refractivity contribution in [3.05, 3.63) is 35.9 Å². The molecule has 0 bridgehead atoms. The second-order valence-electron chi connectivity index (χ2n) is 8.84.